The Morgan fingerprint density at radius 3 is 2.00 bits per heavy atom. The summed E-state index contributed by atoms with van der Waals surface area (Å²) in [4.78, 5) is 0. The molecule has 14 nitrogen and oxygen atoms in total. The van der Waals surface area contributed by atoms with Crippen LogP contribution < -0.4 is 10.6 Å². The molecule has 0 aromatic carbocycles. The summed E-state index contributed by atoms with van der Waals surface area (Å²) in [5.74, 6) is 0. The maximum absolute atomic E-state index is 10.9. The molecule has 2 saturated heterocycles. The number of aliphatic hydroxyl groups excluding tert-OH is 7. The lowest BCUT2D eigenvalue weighted by molar-refractivity contribution is -0.878. The fourth-order valence-corrected chi connectivity index (χ4v) is 2.91. The molecule has 11 atom stereocenters. The second-order valence-electron chi connectivity index (χ2n) is 6.55. The van der Waals surface area contributed by atoms with Crippen molar-refractivity contribution in [3.63, 3.8) is 0 Å². The van der Waals surface area contributed by atoms with Crippen molar-refractivity contribution in [3.05, 3.63) is 5.21 Å². The molecule has 0 amide bonds. The van der Waals surface area contributed by atoms with E-state index in [4.69, 9.17) is 18.9 Å². The van der Waals surface area contributed by atoms with Gasteiger partial charge in [-0.1, -0.05) is 0 Å². The van der Waals surface area contributed by atoms with Crippen molar-refractivity contribution in [1.29, 1.82) is 0 Å². The van der Waals surface area contributed by atoms with Crippen molar-refractivity contribution in [3.8, 4) is 0 Å². The standard InChI is InChI=1S/C14H28N2O12/c1-16(24)15-4-25-13-11(23)12(8(20)6(3-18)26-13)28-14-10(22)9(21)7(19)5(2-17)27-14/h5-23H,2-4H2,1H3. The van der Waals surface area contributed by atoms with E-state index in [1.54, 1.807) is 0 Å². The third-order valence-corrected chi connectivity index (χ3v) is 4.53. The summed E-state index contributed by atoms with van der Waals surface area (Å²) in [5.41, 5.74) is 2.31. The first-order valence-electron chi connectivity index (χ1n) is 8.65. The molecule has 28 heavy (non-hydrogen) atoms. The second kappa shape index (κ2) is 10.5. The lowest BCUT2D eigenvalue weighted by atomic mass is 9.97. The fraction of sp³-hybridized carbons (Fsp3) is 1.00. The van der Waals surface area contributed by atoms with E-state index in [1.165, 1.54) is 7.05 Å². The molecule has 9 N–H and O–H groups in total. The van der Waals surface area contributed by atoms with Gasteiger partial charge in [0, 0.05) is 0 Å². The Morgan fingerprint density at radius 2 is 1.43 bits per heavy atom. The predicted molar refractivity (Wildman–Crippen MR) is 85.7 cm³/mol. The van der Waals surface area contributed by atoms with Crippen molar-refractivity contribution < 1.29 is 59.9 Å². The highest BCUT2D eigenvalue weighted by Gasteiger charge is 2.50. The van der Waals surface area contributed by atoms with Gasteiger partial charge in [0.2, 0.25) is 0 Å². The Kier molecular flexibility index (Phi) is 8.86. The molecule has 0 saturated carbocycles. The maximum atomic E-state index is 10.9. The van der Waals surface area contributed by atoms with Gasteiger partial charge in [-0.25, -0.2) is 0 Å². The molecule has 0 spiro atoms. The molecule has 0 aliphatic carbocycles. The summed E-state index contributed by atoms with van der Waals surface area (Å²) in [6.45, 7) is -1.69. The van der Waals surface area contributed by atoms with Crippen molar-refractivity contribution in [1.82, 2.24) is 5.43 Å². The van der Waals surface area contributed by atoms with Gasteiger partial charge in [0.15, 0.2) is 12.6 Å². The van der Waals surface area contributed by atoms with Gasteiger partial charge in [-0.2, -0.15) is 0 Å². The van der Waals surface area contributed by atoms with Crippen LogP contribution in [0.15, 0.2) is 0 Å². The van der Waals surface area contributed by atoms with Crippen LogP contribution in [0.1, 0.15) is 0 Å². The third-order valence-electron chi connectivity index (χ3n) is 4.53. The Balaban J connectivity index is 2.09. The molecule has 2 rings (SSSR count). The highest BCUT2D eigenvalue weighted by atomic mass is 16.7. The average molecular weight is 416 g/mol. The van der Waals surface area contributed by atoms with E-state index in [0.29, 0.717) is 0 Å². The number of nitrogens with one attached hydrogen (secondary N) is 2. The second-order valence-corrected chi connectivity index (χ2v) is 6.55. The zero-order valence-electron chi connectivity index (χ0n) is 15.1. The van der Waals surface area contributed by atoms with E-state index < -0.39 is 79.8 Å². The van der Waals surface area contributed by atoms with Crippen LogP contribution in [-0.2, 0) is 18.9 Å². The van der Waals surface area contributed by atoms with Gasteiger partial charge in [-0.05, 0) is 0 Å². The summed E-state index contributed by atoms with van der Waals surface area (Å²) in [6, 6.07) is 0. The normalized spacial score (nSPS) is 45.8. The average Bonchev–Trinajstić information content (AvgIpc) is 2.66. The van der Waals surface area contributed by atoms with E-state index in [2.05, 4.69) is 5.43 Å². The SMILES string of the molecule is C[NH+]([O-])NCOC1OC(CO)C(O)C(OC2OC(CO)C(O)C(O)C2O)C1O. The first-order valence-corrected chi connectivity index (χ1v) is 8.65. The molecule has 0 aromatic heterocycles. The molecule has 0 radical (unpaired) electrons. The third kappa shape index (κ3) is 5.32. The monoisotopic (exact) mass is 416 g/mol. The van der Waals surface area contributed by atoms with Gasteiger partial charge in [0.25, 0.3) is 0 Å². The molecule has 2 heterocycles. The number of hydrogen-bond acceptors (Lipinski definition) is 13. The minimum Gasteiger partial charge on any atom is -0.613 e. The smallest absolute Gasteiger partial charge is 0.188 e. The van der Waals surface area contributed by atoms with Gasteiger partial charge in [0.05, 0.1) is 20.3 Å². The largest absolute Gasteiger partial charge is 0.613 e. The Labute approximate surface area is 160 Å². The van der Waals surface area contributed by atoms with E-state index in [1.807, 2.05) is 0 Å². The zero-order valence-corrected chi connectivity index (χ0v) is 15.1. The van der Waals surface area contributed by atoms with Gasteiger partial charge < -0.3 is 59.9 Å². The van der Waals surface area contributed by atoms with Crippen LogP contribution in [0.3, 0.4) is 0 Å². The van der Waals surface area contributed by atoms with Crippen LogP contribution in [0.2, 0.25) is 0 Å². The number of rotatable bonds is 8. The zero-order chi connectivity index (χ0) is 21.0. The first kappa shape index (κ1) is 23.7. The minimum atomic E-state index is -1.76. The molecular formula is C14H28N2O12. The highest BCUT2D eigenvalue weighted by molar-refractivity contribution is 4.94. The van der Waals surface area contributed by atoms with E-state index >= 15 is 0 Å². The summed E-state index contributed by atoms with van der Waals surface area (Å²) < 4.78 is 21.0. The van der Waals surface area contributed by atoms with Crippen LogP contribution in [-0.4, -0.2) is 124 Å². The lowest BCUT2D eigenvalue weighted by Gasteiger charge is -2.45. The fourth-order valence-electron chi connectivity index (χ4n) is 2.91. The first-order chi connectivity index (χ1) is 13.2. The van der Waals surface area contributed by atoms with E-state index in [0.717, 1.165) is 0 Å². The quantitative estimate of drug-likeness (QED) is 0.133. The lowest BCUT2D eigenvalue weighted by Crippen LogP contribution is -3.11. The summed E-state index contributed by atoms with van der Waals surface area (Å²) >= 11 is 0. The number of aliphatic hydroxyl groups is 7. The van der Waals surface area contributed by atoms with Gasteiger partial charge in [-0.3, -0.25) is 5.17 Å². The molecule has 2 aliphatic heterocycles. The van der Waals surface area contributed by atoms with Gasteiger partial charge >= 0.3 is 0 Å². The van der Waals surface area contributed by atoms with Crippen LogP contribution in [0, 0.1) is 5.21 Å². The molecule has 11 unspecified atom stereocenters. The predicted octanol–water partition coefficient (Wildman–Crippen LogP) is -6.90. The Hall–Kier alpha value is -0.560. The molecule has 2 aliphatic rings. The van der Waals surface area contributed by atoms with Crippen LogP contribution in [0.25, 0.3) is 0 Å². The van der Waals surface area contributed by atoms with Crippen molar-refractivity contribution in [2.75, 3.05) is 27.0 Å². The molecule has 0 bridgehead atoms. The van der Waals surface area contributed by atoms with Crippen LogP contribution in [0.4, 0.5) is 0 Å². The Morgan fingerprint density at radius 1 is 0.857 bits per heavy atom. The summed E-state index contributed by atoms with van der Waals surface area (Å²) in [6.07, 6.45) is -15.3. The van der Waals surface area contributed by atoms with E-state index in [-0.39, 0.29) is 6.73 Å². The number of ether oxygens (including phenoxy) is 4. The highest BCUT2D eigenvalue weighted by Crippen LogP contribution is 2.29. The van der Waals surface area contributed by atoms with Crippen molar-refractivity contribution >= 4 is 0 Å². The summed E-state index contributed by atoms with van der Waals surface area (Å²) in [7, 11) is 1.24. The number of quaternary nitrogens is 1. The van der Waals surface area contributed by atoms with Crippen molar-refractivity contribution in [2.45, 2.75) is 61.4 Å². The van der Waals surface area contributed by atoms with Gasteiger partial charge in [-0.15, -0.1) is 5.43 Å². The van der Waals surface area contributed by atoms with Gasteiger partial charge in [0.1, 0.15) is 55.6 Å². The molecule has 2 fully saturated rings. The molecule has 0 aromatic rings. The number of hydroxylamine groups is 1. The van der Waals surface area contributed by atoms with Crippen molar-refractivity contribution in [2.24, 2.45) is 0 Å². The maximum Gasteiger partial charge on any atom is 0.188 e. The van der Waals surface area contributed by atoms with Crippen LogP contribution in [0.5, 0.6) is 0 Å². The molecule has 166 valence electrons. The minimum absolute atomic E-state index is 0.335. The molecule has 14 heteroatoms. The van der Waals surface area contributed by atoms with Crippen LogP contribution >= 0.6 is 0 Å². The Bertz CT molecular complexity index is 472. The molecular weight excluding hydrogens is 388 g/mol. The van der Waals surface area contributed by atoms with E-state index in [9.17, 15) is 41.0 Å². The summed E-state index contributed by atoms with van der Waals surface area (Å²) in [5, 5.41) is 79.5. The number of hydrogen-bond donors (Lipinski definition) is 9. The topological polar surface area (TPSA) is 218 Å².